The Morgan fingerprint density at radius 2 is 2.00 bits per heavy atom. The number of benzene rings is 1. The van der Waals surface area contributed by atoms with Gasteiger partial charge in [0.1, 0.15) is 0 Å². The van der Waals surface area contributed by atoms with Gasteiger partial charge in [0.25, 0.3) is 5.56 Å². The first-order chi connectivity index (χ1) is 10.6. The van der Waals surface area contributed by atoms with E-state index < -0.39 is 0 Å². The zero-order chi connectivity index (χ0) is 15.7. The van der Waals surface area contributed by atoms with Gasteiger partial charge in [-0.3, -0.25) is 9.69 Å². The second-order valence-electron chi connectivity index (χ2n) is 5.63. The average Bonchev–Trinajstić information content (AvgIpc) is 2.52. The number of anilines is 1. The van der Waals surface area contributed by atoms with E-state index >= 15 is 0 Å². The van der Waals surface area contributed by atoms with Crippen LogP contribution in [0.3, 0.4) is 0 Å². The van der Waals surface area contributed by atoms with Gasteiger partial charge < -0.3 is 9.47 Å². The summed E-state index contributed by atoms with van der Waals surface area (Å²) in [7, 11) is 3.83. The lowest BCUT2D eigenvalue weighted by molar-refractivity contribution is 0.220. The third-order valence-electron chi connectivity index (χ3n) is 4.21. The molecule has 1 atom stereocenters. The number of aromatic nitrogens is 2. The minimum absolute atomic E-state index is 0.0649. The molecule has 1 unspecified atom stereocenters. The highest BCUT2D eigenvalue weighted by atomic mass is 35.5. The van der Waals surface area contributed by atoms with Crippen LogP contribution in [0.5, 0.6) is 0 Å². The van der Waals surface area contributed by atoms with Crippen LogP contribution in [-0.2, 0) is 7.05 Å². The topological polar surface area (TPSA) is 41.4 Å². The molecule has 6 heteroatoms. The number of piperazine rings is 1. The summed E-state index contributed by atoms with van der Waals surface area (Å²) in [5.41, 5.74) is 1.02. The van der Waals surface area contributed by atoms with Crippen molar-refractivity contribution in [2.24, 2.45) is 7.05 Å². The fourth-order valence-electron chi connectivity index (χ4n) is 2.85. The molecular weight excluding hydrogens is 300 g/mol. The Labute approximate surface area is 134 Å². The minimum Gasteiger partial charge on any atom is -0.349 e. The first-order valence-electron chi connectivity index (χ1n) is 7.29. The summed E-state index contributed by atoms with van der Waals surface area (Å²) in [5, 5.41) is 0.759. The maximum atomic E-state index is 12.3. The highest BCUT2D eigenvalue weighted by Gasteiger charge is 2.28. The number of nitrogens with zero attached hydrogens (tertiary/aromatic N) is 4. The van der Waals surface area contributed by atoms with Gasteiger partial charge in [-0.05, 0) is 18.7 Å². The average molecular weight is 319 g/mol. The van der Waals surface area contributed by atoms with Crippen LogP contribution in [0.2, 0.25) is 5.02 Å². The van der Waals surface area contributed by atoms with Crippen molar-refractivity contribution >= 4 is 17.4 Å². The van der Waals surface area contributed by atoms with Gasteiger partial charge in [0, 0.05) is 44.1 Å². The molecule has 1 aliphatic heterocycles. The Morgan fingerprint density at radius 3 is 2.77 bits per heavy atom. The van der Waals surface area contributed by atoms with Crippen molar-refractivity contribution in [1.29, 1.82) is 0 Å². The first-order valence-corrected chi connectivity index (χ1v) is 7.67. The van der Waals surface area contributed by atoms with Gasteiger partial charge >= 0.3 is 0 Å². The van der Waals surface area contributed by atoms with Crippen LogP contribution in [0.15, 0.2) is 41.5 Å². The molecular formula is C16H19ClN4O. The van der Waals surface area contributed by atoms with Crippen molar-refractivity contribution in [1.82, 2.24) is 14.5 Å². The summed E-state index contributed by atoms with van der Waals surface area (Å²) in [5.74, 6) is 0.509. The van der Waals surface area contributed by atoms with Gasteiger partial charge in [0.2, 0.25) is 0 Å². The molecule has 1 fully saturated rings. The van der Waals surface area contributed by atoms with Gasteiger partial charge in [-0.1, -0.05) is 29.8 Å². The predicted octanol–water partition coefficient (Wildman–Crippen LogP) is 1.93. The molecule has 0 saturated carbocycles. The van der Waals surface area contributed by atoms with E-state index in [1.54, 1.807) is 24.0 Å². The van der Waals surface area contributed by atoms with Gasteiger partial charge in [-0.25, -0.2) is 4.98 Å². The highest BCUT2D eigenvalue weighted by molar-refractivity contribution is 6.31. The maximum absolute atomic E-state index is 12.3. The fraction of sp³-hybridized carbons (Fsp3) is 0.375. The molecule has 1 aromatic heterocycles. The predicted molar refractivity (Wildman–Crippen MR) is 88.5 cm³/mol. The third-order valence-corrected chi connectivity index (χ3v) is 4.55. The van der Waals surface area contributed by atoms with E-state index in [1.807, 2.05) is 24.3 Å². The van der Waals surface area contributed by atoms with E-state index in [2.05, 4.69) is 21.8 Å². The molecule has 2 heterocycles. The molecule has 2 aromatic rings. The van der Waals surface area contributed by atoms with Crippen molar-refractivity contribution < 1.29 is 0 Å². The van der Waals surface area contributed by atoms with Gasteiger partial charge in [-0.15, -0.1) is 0 Å². The molecule has 1 aliphatic rings. The Morgan fingerprint density at radius 1 is 1.23 bits per heavy atom. The minimum atomic E-state index is -0.0649. The van der Waals surface area contributed by atoms with E-state index in [0.717, 1.165) is 23.7 Å². The maximum Gasteiger partial charge on any atom is 0.293 e. The van der Waals surface area contributed by atoms with E-state index in [1.165, 1.54) is 0 Å². The van der Waals surface area contributed by atoms with Gasteiger partial charge in [0.05, 0.1) is 6.04 Å². The lowest BCUT2D eigenvalue weighted by atomic mass is 10.0. The molecule has 5 nitrogen and oxygen atoms in total. The molecule has 0 amide bonds. The molecule has 0 spiro atoms. The first kappa shape index (κ1) is 15.1. The third kappa shape index (κ3) is 2.74. The summed E-state index contributed by atoms with van der Waals surface area (Å²) in [6.07, 6.45) is 3.34. The number of likely N-dealkylation sites (N-methyl/N-ethyl adjacent to an activating group) is 1. The smallest absolute Gasteiger partial charge is 0.293 e. The SMILES string of the molecule is CN1CCN(c2nccn(C)c2=O)CC1c1ccccc1Cl. The van der Waals surface area contributed by atoms with Crippen LogP contribution in [0.4, 0.5) is 5.82 Å². The zero-order valence-electron chi connectivity index (χ0n) is 12.7. The zero-order valence-corrected chi connectivity index (χ0v) is 13.5. The molecule has 116 valence electrons. The van der Waals surface area contributed by atoms with Crippen molar-refractivity contribution in [3.8, 4) is 0 Å². The van der Waals surface area contributed by atoms with Crippen molar-refractivity contribution in [2.75, 3.05) is 31.6 Å². The van der Waals surface area contributed by atoms with E-state index in [4.69, 9.17) is 11.6 Å². The van der Waals surface area contributed by atoms with Crippen LogP contribution in [-0.4, -0.2) is 41.1 Å². The molecule has 0 N–H and O–H groups in total. The van der Waals surface area contributed by atoms with Crippen LogP contribution >= 0.6 is 11.6 Å². The number of aryl methyl sites for hydroxylation is 1. The van der Waals surface area contributed by atoms with Crippen LogP contribution in [0.1, 0.15) is 11.6 Å². The molecule has 0 aliphatic carbocycles. The van der Waals surface area contributed by atoms with Crippen LogP contribution in [0.25, 0.3) is 0 Å². The summed E-state index contributed by atoms with van der Waals surface area (Å²) in [6, 6.07) is 8.02. The monoisotopic (exact) mass is 318 g/mol. The largest absolute Gasteiger partial charge is 0.349 e. The lowest BCUT2D eigenvalue weighted by Gasteiger charge is -2.40. The normalized spacial score (nSPS) is 19.4. The highest BCUT2D eigenvalue weighted by Crippen LogP contribution is 2.30. The molecule has 0 radical (unpaired) electrons. The fourth-order valence-corrected chi connectivity index (χ4v) is 3.11. The number of halogens is 1. The van der Waals surface area contributed by atoms with E-state index in [-0.39, 0.29) is 11.6 Å². The Balaban J connectivity index is 1.93. The summed E-state index contributed by atoms with van der Waals surface area (Å²) in [6.45, 7) is 2.34. The van der Waals surface area contributed by atoms with Crippen molar-refractivity contribution in [2.45, 2.75) is 6.04 Å². The Kier molecular flexibility index (Phi) is 4.18. The second-order valence-corrected chi connectivity index (χ2v) is 6.04. The molecule has 22 heavy (non-hydrogen) atoms. The molecule has 3 rings (SSSR count). The van der Waals surface area contributed by atoms with Gasteiger partial charge in [0.15, 0.2) is 5.82 Å². The standard InChI is InChI=1S/C16H19ClN4O/c1-19-9-10-21(15-16(22)20(2)8-7-18-15)11-14(19)12-5-3-4-6-13(12)17/h3-8,14H,9-11H2,1-2H3. The summed E-state index contributed by atoms with van der Waals surface area (Å²) >= 11 is 6.35. The Hall–Kier alpha value is -1.85. The van der Waals surface area contributed by atoms with Crippen LogP contribution < -0.4 is 10.5 Å². The number of hydrogen-bond acceptors (Lipinski definition) is 4. The van der Waals surface area contributed by atoms with Gasteiger partial charge in [-0.2, -0.15) is 0 Å². The molecule has 0 bridgehead atoms. The number of hydrogen-bond donors (Lipinski definition) is 0. The van der Waals surface area contributed by atoms with Crippen molar-refractivity contribution in [3.63, 3.8) is 0 Å². The van der Waals surface area contributed by atoms with E-state index in [0.29, 0.717) is 12.4 Å². The lowest BCUT2D eigenvalue weighted by Crippen LogP contribution is -2.49. The van der Waals surface area contributed by atoms with Crippen LogP contribution in [0, 0.1) is 0 Å². The quantitative estimate of drug-likeness (QED) is 0.848. The van der Waals surface area contributed by atoms with Crippen molar-refractivity contribution in [3.05, 3.63) is 57.6 Å². The summed E-state index contributed by atoms with van der Waals surface area (Å²) in [4.78, 5) is 20.9. The van der Waals surface area contributed by atoms with E-state index in [9.17, 15) is 4.79 Å². The summed E-state index contributed by atoms with van der Waals surface area (Å²) < 4.78 is 1.56. The molecule has 1 saturated heterocycles. The molecule has 1 aromatic carbocycles. The Bertz CT molecular complexity index is 730. The number of rotatable bonds is 2. The second kappa shape index (κ2) is 6.10.